The fourth-order valence-electron chi connectivity index (χ4n) is 1.70. The highest BCUT2D eigenvalue weighted by molar-refractivity contribution is 7.11. The highest BCUT2D eigenvalue weighted by atomic mass is 32.1. The van der Waals surface area contributed by atoms with E-state index < -0.39 is 5.97 Å². The summed E-state index contributed by atoms with van der Waals surface area (Å²) in [5.41, 5.74) is 1.91. The van der Waals surface area contributed by atoms with Crippen molar-refractivity contribution in [1.82, 2.24) is 4.98 Å². The number of carbonyl (C=O) groups is 1. The van der Waals surface area contributed by atoms with Gasteiger partial charge in [0, 0.05) is 17.6 Å². The predicted molar refractivity (Wildman–Crippen MR) is 72.2 cm³/mol. The molecule has 0 fully saturated rings. The molecule has 0 unspecified atom stereocenters. The molecule has 0 saturated carbocycles. The van der Waals surface area contributed by atoms with Gasteiger partial charge in [0.15, 0.2) is 0 Å². The van der Waals surface area contributed by atoms with Crippen molar-refractivity contribution in [2.24, 2.45) is 0 Å². The molecule has 0 spiro atoms. The Labute approximate surface area is 110 Å². The second kappa shape index (κ2) is 5.64. The molecule has 0 atom stereocenters. The topological polar surface area (TPSA) is 53.4 Å². The van der Waals surface area contributed by atoms with Gasteiger partial charge in [-0.25, -0.2) is 9.78 Å². The average molecular weight is 262 g/mol. The van der Waals surface area contributed by atoms with Crippen molar-refractivity contribution in [3.8, 4) is 0 Å². The smallest absolute Gasteiger partial charge is 0.365 e. The summed E-state index contributed by atoms with van der Waals surface area (Å²) in [6, 6.07) is 10.0. The van der Waals surface area contributed by atoms with E-state index in [2.05, 4.69) is 16.8 Å². The van der Waals surface area contributed by atoms with Gasteiger partial charge in [-0.15, -0.1) is 11.3 Å². The van der Waals surface area contributed by atoms with Gasteiger partial charge in [-0.3, -0.25) is 0 Å². The number of aromatic nitrogens is 1. The third kappa shape index (κ3) is 2.87. The first-order valence-corrected chi connectivity index (χ1v) is 6.56. The van der Waals surface area contributed by atoms with E-state index in [4.69, 9.17) is 5.11 Å². The zero-order chi connectivity index (χ0) is 13.0. The number of rotatable bonds is 5. The number of thiazole rings is 1. The molecule has 0 saturated heterocycles. The standard InChI is InChI=1S/C13H14N2O2S/c1-2-15(11-6-4-3-5-7-11)8-10-9-18-12(14-10)13(16)17/h3-7,9H,2,8H2,1H3,(H,16,17). The molecule has 0 aliphatic carbocycles. The molecule has 18 heavy (non-hydrogen) atoms. The van der Waals surface area contributed by atoms with Crippen molar-refractivity contribution in [1.29, 1.82) is 0 Å². The van der Waals surface area contributed by atoms with Gasteiger partial charge in [-0.1, -0.05) is 18.2 Å². The van der Waals surface area contributed by atoms with Crippen LogP contribution in [-0.2, 0) is 6.54 Å². The van der Waals surface area contributed by atoms with E-state index in [1.165, 1.54) is 11.3 Å². The number of anilines is 1. The molecule has 0 radical (unpaired) electrons. The number of para-hydroxylation sites is 1. The molecule has 1 N–H and O–H groups in total. The number of benzene rings is 1. The van der Waals surface area contributed by atoms with Gasteiger partial charge in [0.1, 0.15) is 0 Å². The van der Waals surface area contributed by atoms with Crippen molar-refractivity contribution < 1.29 is 9.90 Å². The molecule has 1 aromatic carbocycles. The van der Waals surface area contributed by atoms with Gasteiger partial charge in [-0.2, -0.15) is 0 Å². The summed E-state index contributed by atoms with van der Waals surface area (Å²) in [7, 11) is 0. The summed E-state index contributed by atoms with van der Waals surface area (Å²) in [5, 5.41) is 10.8. The first-order chi connectivity index (χ1) is 8.70. The molecule has 0 amide bonds. The number of aromatic carboxylic acids is 1. The fourth-order valence-corrected chi connectivity index (χ4v) is 2.34. The third-order valence-electron chi connectivity index (χ3n) is 2.59. The first-order valence-electron chi connectivity index (χ1n) is 5.68. The monoisotopic (exact) mass is 262 g/mol. The highest BCUT2D eigenvalue weighted by Crippen LogP contribution is 2.17. The maximum absolute atomic E-state index is 10.8. The van der Waals surface area contributed by atoms with Crippen LogP contribution in [0.15, 0.2) is 35.7 Å². The minimum atomic E-state index is -0.964. The Morgan fingerprint density at radius 3 is 2.67 bits per heavy atom. The van der Waals surface area contributed by atoms with Crippen LogP contribution in [0.4, 0.5) is 5.69 Å². The van der Waals surface area contributed by atoms with Crippen molar-refractivity contribution in [3.05, 3.63) is 46.4 Å². The van der Waals surface area contributed by atoms with Crippen LogP contribution in [0.2, 0.25) is 0 Å². The molecule has 2 aromatic rings. The van der Waals surface area contributed by atoms with Gasteiger partial charge in [0.2, 0.25) is 5.01 Å². The SMILES string of the molecule is CCN(Cc1csc(C(=O)O)n1)c1ccccc1. The minimum Gasteiger partial charge on any atom is -0.476 e. The molecule has 1 aromatic heterocycles. The van der Waals surface area contributed by atoms with E-state index in [9.17, 15) is 4.79 Å². The second-order valence-electron chi connectivity index (χ2n) is 3.80. The van der Waals surface area contributed by atoms with Gasteiger partial charge >= 0.3 is 5.97 Å². The van der Waals surface area contributed by atoms with E-state index in [1.807, 2.05) is 30.3 Å². The van der Waals surface area contributed by atoms with Crippen LogP contribution in [0.1, 0.15) is 22.4 Å². The zero-order valence-corrected chi connectivity index (χ0v) is 10.9. The molecule has 1 heterocycles. The van der Waals surface area contributed by atoms with Gasteiger partial charge in [0.25, 0.3) is 0 Å². The molecule has 4 nitrogen and oxygen atoms in total. The quantitative estimate of drug-likeness (QED) is 0.900. The lowest BCUT2D eigenvalue weighted by Crippen LogP contribution is -2.22. The van der Waals surface area contributed by atoms with Gasteiger partial charge in [0.05, 0.1) is 12.2 Å². The number of hydrogen-bond donors (Lipinski definition) is 1. The van der Waals surface area contributed by atoms with Crippen molar-refractivity contribution in [2.45, 2.75) is 13.5 Å². The summed E-state index contributed by atoms with van der Waals surface area (Å²) in [6.07, 6.45) is 0. The van der Waals surface area contributed by atoms with Crippen molar-refractivity contribution in [2.75, 3.05) is 11.4 Å². The number of nitrogens with zero attached hydrogens (tertiary/aromatic N) is 2. The number of hydrogen-bond acceptors (Lipinski definition) is 4. The largest absolute Gasteiger partial charge is 0.476 e. The zero-order valence-electron chi connectivity index (χ0n) is 10.0. The normalized spacial score (nSPS) is 10.3. The van der Waals surface area contributed by atoms with Crippen LogP contribution in [0, 0.1) is 0 Å². The maximum Gasteiger partial charge on any atom is 0.365 e. The van der Waals surface area contributed by atoms with E-state index in [0.29, 0.717) is 6.54 Å². The summed E-state index contributed by atoms with van der Waals surface area (Å²) in [6.45, 7) is 3.55. The van der Waals surface area contributed by atoms with Gasteiger partial charge < -0.3 is 10.0 Å². The summed E-state index contributed by atoms with van der Waals surface area (Å²) in [5.74, 6) is -0.964. The van der Waals surface area contributed by atoms with E-state index in [-0.39, 0.29) is 5.01 Å². The molecule has 0 aliphatic heterocycles. The lowest BCUT2D eigenvalue weighted by Gasteiger charge is -2.21. The van der Waals surface area contributed by atoms with Crippen molar-refractivity contribution in [3.63, 3.8) is 0 Å². The molecular formula is C13H14N2O2S. The molecule has 94 valence electrons. The van der Waals surface area contributed by atoms with Gasteiger partial charge in [-0.05, 0) is 19.1 Å². The van der Waals surface area contributed by atoms with E-state index in [0.717, 1.165) is 17.9 Å². The van der Waals surface area contributed by atoms with Crippen LogP contribution in [0.3, 0.4) is 0 Å². The molecule has 0 bridgehead atoms. The van der Waals surface area contributed by atoms with Crippen LogP contribution in [0.25, 0.3) is 0 Å². The Morgan fingerprint density at radius 2 is 2.11 bits per heavy atom. The molecule has 0 aliphatic rings. The van der Waals surface area contributed by atoms with Crippen LogP contribution >= 0.6 is 11.3 Å². The Hall–Kier alpha value is -1.88. The fraction of sp³-hybridized carbons (Fsp3) is 0.231. The summed E-state index contributed by atoms with van der Waals surface area (Å²) < 4.78 is 0. The average Bonchev–Trinajstić information content (AvgIpc) is 2.86. The number of carboxylic acid groups (broad SMARTS) is 1. The predicted octanol–water partition coefficient (Wildman–Crippen LogP) is 2.87. The minimum absolute atomic E-state index is 0.147. The summed E-state index contributed by atoms with van der Waals surface area (Å²) in [4.78, 5) is 17.0. The molecular weight excluding hydrogens is 248 g/mol. The van der Waals surface area contributed by atoms with E-state index >= 15 is 0 Å². The Bertz CT molecular complexity index is 525. The highest BCUT2D eigenvalue weighted by Gasteiger charge is 2.11. The Balaban J connectivity index is 2.13. The Morgan fingerprint density at radius 1 is 1.39 bits per heavy atom. The summed E-state index contributed by atoms with van der Waals surface area (Å²) >= 11 is 1.17. The number of carboxylic acids is 1. The van der Waals surface area contributed by atoms with Crippen LogP contribution in [0.5, 0.6) is 0 Å². The Kier molecular flexibility index (Phi) is 3.94. The van der Waals surface area contributed by atoms with Crippen LogP contribution in [-0.4, -0.2) is 22.6 Å². The van der Waals surface area contributed by atoms with Crippen molar-refractivity contribution >= 4 is 23.0 Å². The lowest BCUT2D eigenvalue weighted by molar-refractivity contribution is 0.0696. The first kappa shape index (κ1) is 12.6. The molecule has 5 heteroatoms. The third-order valence-corrected chi connectivity index (χ3v) is 3.47. The lowest BCUT2D eigenvalue weighted by atomic mass is 10.2. The second-order valence-corrected chi connectivity index (χ2v) is 4.66. The molecule has 2 rings (SSSR count). The van der Waals surface area contributed by atoms with Crippen LogP contribution < -0.4 is 4.90 Å². The maximum atomic E-state index is 10.8. The van der Waals surface area contributed by atoms with E-state index in [1.54, 1.807) is 5.38 Å².